The Morgan fingerprint density at radius 3 is 2.45 bits per heavy atom. The number of rotatable bonds is 5. The molecule has 11 heteroatoms. The summed E-state index contributed by atoms with van der Waals surface area (Å²) >= 11 is 0. The van der Waals surface area contributed by atoms with Crippen LogP contribution < -0.4 is 5.73 Å². The van der Waals surface area contributed by atoms with Gasteiger partial charge in [0.25, 0.3) is 5.91 Å². The number of piperidine rings is 1. The second-order valence-electron chi connectivity index (χ2n) is 9.31. The predicted molar refractivity (Wildman–Crippen MR) is 140 cm³/mol. The number of nitrogen functional groups attached to an aromatic ring is 1. The van der Waals surface area contributed by atoms with E-state index in [-0.39, 0.29) is 29.3 Å². The minimum absolute atomic E-state index is 0.0405. The van der Waals surface area contributed by atoms with Crippen LogP contribution in [0.1, 0.15) is 52.4 Å². The van der Waals surface area contributed by atoms with Gasteiger partial charge in [-0.05, 0) is 25.8 Å². The maximum Gasteiger partial charge on any atom is 0.291 e. The minimum atomic E-state index is -0.194. The van der Waals surface area contributed by atoms with Crippen LogP contribution >= 0.6 is 0 Å². The molecule has 5 heterocycles. The average Bonchev–Trinajstić information content (AvgIpc) is 3.64. The third-order valence-electron chi connectivity index (χ3n) is 6.99. The molecule has 1 amide bonds. The van der Waals surface area contributed by atoms with Gasteiger partial charge in [-0.2, -0.15) is 14.7 Å². The van der Waals surface area contributed by atoms with Crippen molar-refractivity contribution < 1.29 is 9.59 Å². The Labute approximate surface area is 217 Å². The van der Waals surface area contributed by atoms with Crippen molar-refractivity contribution in [3.8, 4) is 22.4 Å². The highest BCUT2D eigenvalue weighted by Crippen LogP contribution is 2.35. The molecule has 6 rings (SSSR count). The van der Waals surface area contributed by atoms with Crippen molar-refractivity contribution in [1.82, 2.24) is 39.7 Å². The zero-order chi connectivity index (χ0) is 26.2. The van der Waals surface area contributed by atoms with Crippen LogP contribution in [0.2, 0.25) is 0 Å². The van der Waals surface area contributed by atoms with Crippen LogP contribution in [0.4, 0.5) is 5.82 Å². The number of hydrogen-bond donors (Lipinski definition) is 2. The first kappa shape index (κ1) is 23.5. The van der Waals surface area contributed by atoms with Crippen LogP contribution in [0.25, 0.3) is 28.0 Å². The van der Waals surface area contributed by atoms with Crippen LogP contribution in [0, 0.1) is 0 Å². The van der Waals surface area contributed by atoms with E-state index in [4.69, 9.17) is 10.7 Å². The Balaban J connectivity index is 1.34. The van der Waals surface area contributed by atoms with E-state index in [1.54, 1.807) is 17.3 Å². The number of aromatic nitrogens is 7. The van der Waals surface area contributed by atoms with E-state index in [1.807, 2.05) is 42.5 Å². The fourth-order valence-electron chi connectivity index (χ4n) is 5.04. The summed E-state index contributed by atoms with van der Waals surface area (Å²) in [7, 11) is 0. The fraction of sp³-hybridized carbons (Fsp3) is 0.222. The Bertz CT molecular complexity index is 1620. The van der Waals surface area contributed by atoms with Crippen LogP contribution in [0.3, 0.4) is 0 Å². The molecule has 1 aliphatic heterocycles. The first-order valence-electron chi connectivity index (χ1n) is 12.4. The largest absolute Gasteiger partial charge is 0.383 e. The number of pyridine rings is 1. The van der Waals surface area contributed by atoms with Crippen molar-refractivity contribution in [3.63, 3.8) is 0 Å². The van der Waals surface area contributed by atoms with Crippen LogP contribution in [-0.2, 0) is 0 Å². The standard InChI is InChI=1S/C27H25N9O2/c1-16(37)22-23(18-9-11-35(12-10-18)27(38)25-30-15-31-34-25)33-26-20(14-32-36(26)24(22)28)19-7-8-21(29-13-19)17-5-3-2-4-6-17/h2-8,13-15,18H,9-12,28H2,1H3,(H,30,31,34). The molecule has 1 saturated heterocycles. The fourth-order valence-corrected chi connectivity index (χ4v) is 5.04. The van der Waals surface area contributed by atoms with E-state index in [0.717, 1.165) is 22.4 Å². The lowest BCUT2D eigenvalue weighted by atomic mass is 9.89. The van der Waals surface area contributed by atoms with Gasteiger partial charge < -0.3 is 10.6 Å². The molecule has 0 unspecified atom stereocenters. The smallest absolute Gasteiger partial charge is 0.291 e. The number of aromatic amines is 1. The second-order valence-corrected chi connectivity index (χ2v) is 9.31. The number of nitrogens with two attached hydrogens (primary N) is 1. The molecular weight excluding hydrogens is 482 g/mol. The molecule has 0 atom stereocenters. The van der Waals surface area contributed by atoms with E-state index < -0.39 is 0 Å². The molecular formula is C27H25N9O2. The number of likely N-dealkylation sites (tertiary alicyclic amines) is 1. The predicted octanol–water partition coefficient (Wildman–Crippen LogP) is 3.38. The van der Waals surface area contributed by atoms with E-state index in [1.165, 1.54) is 17.8 Å². The van der Waals surface area contributed by atoms with Gasteiger partial charge >= 0.3 is 0 Å². The summed E-state index contributed by atoms with van der Waals surface area (Å²) in [5.74, 6) is 0.0738. The van der Waals surface area contributed by atoms with E-state index >= 15 is 0 Å². The lowest BCUT2D eigenvalue weighted by Crippen LogP contribution is -2.39. The second kappa shape index (κ2) is 9.51. The van der Waals surface area contributed by atoms with Gasteiger partial charge in [0.1, 0.15) is 12.1 Å². The minimum Gasteiger partial charge on any atom is -0.383 e. The maximum absolute atomic E-state index is 12.7. The number of nitrogens with one attached hydrogen (secondary N) is 1. The summed E-state index contributed by atoms with van der Waals surface area (Å²) in [6.45, 7) is 2.50. The molecule has 3 N–H and O–H groups in total. The molecule has 38 heavy (non-hydrogen) atoms. The summed E-state index contributed by atoms with van der Waals surface area (Å²) in [5.41, 5.74) is 11.6. The summed E-state index contributed by atoms with van der Waals surface area (Å²) in [6, 6.07) is 13.9. The number of nitrogens with zero attached hydrogens (tertiary/aromatic N) is 7. The third kappa shape index (κ3) is 4.07. The molecule has 0 spiro atoms. The number of carbonyl (C=O) groups is 2. The topological polar surface area (TPSA) is 148 Å². The quantitative estimate of drug-likeness (QED) is 0.344. The van der Waals surface area contributed by atoms with Crippen molar-refractivity contribution in [2.45, 2.75) is 25.7 Å². The highest BCUT2D eigenvalue weighted by molar-refractivity contribution is 6.00. The molecule has 190 valence electrons. The highest BCUT2D eigenvalue weighted by Gasteiger charge is 2.31. The van der Waals surface area contributed by atoms with Gasteiger partial charge in [0, 0.05) is 41.9 Å². The normalized spacial score (nSPS) is 14.2. The lowest BCUT2D eigenvalue weighted by Gasteiger charge is -2.32. The molecule has 1 fully saturated rings. The Morgan fingerprint density at radius 2 is 1.79 bits per heavy atom. The van der Waals surface area contributed by atoms with E-state index in [0.29, 0.717) is 42.8 Å². The first-order valence-corrected chi connectivity index (χ1v) is 12.4. The Hall–Kier alpha value is -4.93. The molecule has 11 nitrogen and oxygen atoms in total. The number of ketones is 1. The molecule has 0 aliphatic carbocycles. The zero-order valence-corrected chi connectivity index (χ0v) is 20.7. The van der Waals surface area contributed by atoms with Crippen molar-refractivity contribution in [2.75, 3.05) is 18.8 Å². The van der Waals surface area contributed by atoms with Crippen LogP contribution in [-0.4, -0.2) is 64.4 Å². The van der Waals surface area contributed by atoms with E-state index in [9.17, 15) is 9.59 Å². The zero-order valence-electron chi connectivity index (χ0n) is 20.7. The van der Waals surface area contributed by atoms with Gasteiger partial charge in [-0.1, -0.05) is 36.4 Å². The van der Waals surface area contributed by atoms with Crippen molar-refractivity contribution in [3.05, 3.63) is 78.3 Å². The van der Waals surface area contributed by atoms with Gasteiger partial charge in [0.2, 0.25) is 5.82 Å². The molecule has 5 aromatic rings. The molecule has 4 aromatic heterocycles. The molecule has 0 saturated carbocycles. The summed E-state index contributed by atoms with van der Waals surface area (Å²) in [5, 5.41) is 10.8. The number of fused-ring (bicyclic) bond motifs is 1. The number of carbonyl (C=O) groups excluding carboxylic acids is 2. The third-order valence-corrected chi connectivity index (χ3v) is 6.99. The maximum atomic E-state index is 12.7. The molecule has 1 aromatic carbocycles. The van der Waals surface area contributed by atoms with Gasteiger partial charge in [0.15, 0.2) is 11.4 Å². The molecule has 0 radical (unpaired) electrons. The number of amides is 1. The number of H-pyrrole nitrogens is 1. The van der Waals surface area contributed by atoms with Gasteiger partial charge in [0.05, 0.1) is 23.1 Å². The van der Waals surface area contributed by atoms with Crippen molar-refractivity contribution in [1.29, 1.82) is 0 Å². The lowest BCUT2D eigenvalue weighted by molar-refractivity contribution is 0.0699. The average molecular weight is 508 g/mol. The van der Waals surface area contributed by atoms with Gasteiger partial charge in [-0.15, -0.1) is 0 Å². The van der Waals surface area contributed by atoms with Crippen molar-refractivity contribution in [2.24, 2.45) is 0 Å². The molecule has 1 aliphatic rings. The number of benzene rings is 1. The van der Waals surface area contributed by atoms with Crippen molar-refractivity contribution >= 4 is 23.2 Å². The van der Waals surface area contributed by atoms with Crippen LogP contribution in [0.5, 0.6) is 0 Å². The summed E-state index contributed by atoms with van der Waals surface area (Å²) < 4.78 is 1.52. The number of anilines is 1. The molecule has 0 bridgehead atoms. The first-order chi connectivity index (χ1) is 18.5. The summed E-state index contributed by atoms with van der Waals surface area (Å²) in [4.78, 5) is 40.7. The number of Topliss-reactive ketones (excluding diaryl/α,β-unsaturated/α-hetero) is 1. The number of hydrogen-bond acceptors (Lipinski definition) is 8. The Morgan fingerprint density at radius 1 is 1.00 bits per heavy atom. The highest BCUT2D eigenvalue weighted by atomic mass is 16.2. The van der Waals surface area contributed by atoms with Crippen LogP contribution in [0.15, 0.2) is 61.2 Å². The summed E-state index contributed by atoms with van der Waals surface area (Å²) in [6.07, 6.45) is 6.08. The van der Waals surface area contributed by atoms with Gasteiger partial charge in [-0.25, -0.2) is 9.97 Å². The monoisotopic (exact) mass is 507 g/mol. The van der Waals surface area contributed by atoms with Gasteiger partial charge in [-0.3, -0.25) is 19.7 Å². The van der Waals surface area contributed by atoms with E-state index in [2.05, 4.69) is 25.3 Å². The Kier molecular flexibility index (Phi) is 5.87. The SMILES string of the molecule is CC(=O)c1c(C2CCN(C(=O)c3ncn[nH]3)CC2)nc2c(-c3ccc(-c4ccccc4)nc3)cnn2c1N.